The van der Waals surface area contributed by atoms with Gasteiger partial charge in [-0.05, 0) is 54.7 Å². The van der Waals surface area contributed by atoms with Crippen LogP contribution in [0.3, 0.4) is 0 Å². The van der Waals surface area contributed by atoms with Crippen molar-refractivity contribution in [1.29, 1.82) is 0 Å². The minimum absolute atomic E-state index is 0.142. The van der Waals surface area contributed by atoms with Crippen molar-refractivity contribution in [2.24, 2.45) is 4.99 Å². The number of ether oxygens (including phenoxy) is 1. The van der Waals surface area contributed by atoms with E-state index in [0.717, 1.165) is 18.4 Å². The lowest BCUT2D eigenvalue weighted by Gasteiger charge is -2.28. The summed E-state index contributed by atoms with van der Waals surface area (Å²) >= 11 is 0. The Morgan fingerprint density at radius 1 is 1.03 bits per heavy atom. The highest BCUT2D eigenvalue weighted by Crippen LogP contribution is 2.46. The van der Waals surface area contributed by atoms with Crippen LogP contribution < -0.4 is 16.0 Å². The van der Waals surface area contributed by atoms with Gasteiger partial charge < -0.3 is 25.6 Å². The summed E-state index contributed by atoms with van der Waals surface area (Å²) < 4.78 is 48.0. The third-order valence-corrected chi connectivity index (χ3v) is 6.38. The highest BCUT2D eigenvalue weighted by molar-refractivity contribution is 6.03. The Balaban J connectivity index is 1.48. The zero-order chi connectivity index (χ0) is 25.3. The molecule has 0 atom stereocenters. The van der Waals surface area contributed by atoms with Crippen molar-refractivity contribution in [2.75, 3.05) is 44.7 Å². The normalized spacial score (nSPS) is 17.9. The van der Waals surface area contributed by atoms with E-state index in [1.165, 1.54) is 23.1 Å². The van der Waals surface area contributed by atoms with E-state index >= 15 is 0 Å². The van der Waals surface area contributed by atoms with Crippen molar-refractivity contribution < 1.29 is 27.5 Å². The molecule has 190 valence electrons. The number of hydrogen-bond donors (Lipinski definition) is 3. The summed E-state index contributed by atoms with van der Waals surface area (Å²) in [5.74, 6) is -0.560. The summed E-state index contributed by atoms with van der Waals surface area (Å²) in [7, 11) is 0. The van der Waals surface area contributed by atoms with E-state index in [1.54, 1.807) is 18.2 Å². The maximum atomic E-state index is 14.3. The molecule has 2 heterocycles. The van der Waals surface area contributed by atoms with Gasteiger partial charge in [0.2, 0.25) is 0 Å². The number of carbonyl (C=O) groups is 2. The van der Waals surface area contributed by atoms with Crippen molar-refractivity contribution in [2.45, 2.75) is 24.9 Å². The number of nitrogens with one attached hydrogen (secondary N) is 3. The first-order chi connectivity index (χ1) is 17.3. The van der Waals surface area contributed by atoms with Crippen molar-refractivity contribution in [3.8, 4) is 0 Å². The van der Waals surface area contributed by atoms with Gasteiger partial charge in [-0.15, -0.1) is 0 Å². The predicted octanol–water partition coefficient (Wildman–Crippen LogP) is 3.49. The van der Waals surface area contributed by atoms with E-state index in [2.05, 4.69) is 20.9 Å². The molecule has 8 nitrogen and oxygen atoms in total. The first-order valence-corrected chi connectivity index (χ1v) is 11.9. The van der Waals surface area contributed by atoms with Crippen LogP contribution in [0.15, 0.2) is 41.4 Å². The van der Waals surface area contributed by atoms with Crippen LogP contribution >= 0.6 is 0 Å². The van der Waals surface area contributed by atoms with Crippen molar-refractivity contribution in [1.82, 2.24) is 15.5 Å². The molecule has 0 radical (unpaired) electrons. The topological polar surface area (TPSA) is 95.1 Å². The zero-order valence-electron chi connectivity index (χ0n) is 19.5. The zero-order valence-corrected chi connectivity index (χ0v) is 19.5. The van der Waals surface area contributed by atoms with Gasteiger partial charge in [0.1, 0.15) is 0 Å². The minimum atomic E-state index is -4.76. The van der Waals surface area contributed by atoms with E-state index in [4.69, 9.17) is 4.74 Å². The molecule has 3 N–H and O–H groups in total. The molecule has 3 aliphatic rings. The van der Waals surface area contributed by atoms with Crippen molar-refractivity contribution in [3.63, 3.8) is 0 Å². The molecular formula is C25H26F3N5O3. The smallest absolute Gasteiger partial charge is 0.378 e. The number of anilines is 2. The molecular weight excluding hydrogens is 475 g/mol. The minimum Gasteiger partial charge on any atom is -0.378 e. The lowest BCUT2D eigenvalue weighted by atomic mass is 10.0. The molecule has 0 unspecified atom stereocenters. The number of benzene rings is 2. The van der Waals surface area contributed by atoms with Gasteiger partial charge >= 0.3 is 6.18 Å². The molecule has 3 fully saturated rings. The molecule has 2 aromatic rings. The SMILES string of the molecule is O=C(N=C1NCCN1)c1ccc(Nc2cccc(C(=O)N3CCOCC3)c2C(F)(F)F)c(C2CC2)c1. The summed E-state index contributed by atoms with van der Waals surface area (Å²) in [4.78, 5) is 31.1. The quantitative estimate of drug-likeness (QED) is 0.581. The highest BCUT2D eigenvalue weighted by Gasteiger charge is 2.39. The number of guanidine groups is 1. The van der Waals surface area contributed by atoms with Gasteiger partial charge in [0, 0.05) is 37.4 Å². The van der Waals surface area contributed by atoms with Gasteiger partial charge in [-0.3, -0.25) is 9.59 Å². The molecule has 36 heavy (non-hydrogen) atoms. The van der Waals surface area contributed by atoms with Gasteiger partial charge in [-0.25, -0.2) is 0 Å². The number of hydrogen-bond acceptors (Lipinski definition) is 4. The summed E-state index contributed by atoms with van der Waals surface area (Å²) in [6.45, 7) is 2.42. The number of rotatable bonds is 5. The fourth-order valence-corrected chi connectivity index (χ4v) is 4.43. The Hall–Kier alpha value is -3.60. The van der Waals surface area contributed by atoms with Gasteiger partial charge in [-0.1, -0.05) is 6.07 Å². The molecule has 0 bridgehead atoms. The number of alkyl halides is 3. The average Bonchev–Trinajstić information content (AvgIpc) is 3.59. The summed E-state index contributed by atoms with van der Waals surface area (Å²) in [5, 5.41) is 8.86. The number of amides is 2. The number of carbonyl (C=O) groups excluding carboxylic acids is 2. The molecule has 0 spiro atoms. The van der Waals surface area contributed by atoms with Crippen LogP contribution in [0.5, 0.6) is 0 Å². The Morgan fingerprint density at radius 2 is 1.75 bits per heavy atom. The molecule has 2 aromatic carbocycles. The molecule has 2 aliphatic heterocycles. The Labute approximate surface area is 205 Å². The van der Waals surface area contributed by atoms with Crippen molar-refractivity contribution in [3.05, 3.63) is 58.7 Å². The maximum Gasteiger partial charge on any atom is 0.419 e. The second-order valence-electron chi connectivity index (χ2n) is 8.95. The van der Waals surface area contributed by atoms with Crippen LogP contribution in [0.4, 0.5) is 24.5 Å². The number of nitrogens with zero attached hydrogens (tertiary/aromatic N) is 2. The lowest BCUT2D eigenvalue weighted by Crippen LogP contribution is -2.41. The van der Waals surface area contributed by atoms with E-state index in [9.17, 15) is 22.8 Å². The summed E-state index contributed by atoms with van der Waals surface area (Å²) in [6.07, 6.45) is -2.99. The van der Waals surface area contributed by atoms with E-state index in [0.29, 0.717) is 43.5 Å². The second-order valence-corrected chi connectivity index (χ2v) is 8.95. The molecule has 5 rings (SSSR count). The van der Waals surface area contributed by atoms with Gasteiger partial charge in [-0.2, -0.15) is 18.2 Å². The van der Waals surface area contributed by atoms with E-state index < -0.39 is 29.1 Å². The van der Waals surface area contributed by atoms with Gasteiger partial charge in [0.25, 0.3) is 11.8 Å². The molecule has 2 saturated heterocycles. The van der Waals surface area contributed by atoms with E-state index in [-0.39, 0.29) is 24.7 Å². The largest absolute Gasteiger partial charge is 0.419 e. The summed E-state index contributed by atoms with van der Waals surface area (Å²) in [6, 6.07) is 8.81. The first-order valence-electron chi connectivity index (χ1n) is 11.9. The first kappa shape index (κ1) is 24.1. The standard InChI is InChI=1S/C25H26F3N5O3/c26-25(27,28)21-17(23(35)33-10-12-36-13-11-33)2-1-3-20(21)31-19-7-6-16(14-18(19)15-4-5-15)22(34)32-24-29-8-9-30-24/h1-3,6-7,14-15,31H,4-5,8-13H2,(H2,29,30,32,34). The van der Waals surface area contributed by atoms with Crippen LogP contribution in [0.2, 0.25) is 0 Å². The van der Waals surface area contributed by atoms with Gasteiger partial charge in [0.05, 0.1) is 30.0 Å². The maximum absolute atomic E-state index is 14.3. The van der Waals surface area contributed by atoms with Crippen LogP contribution in [0.25, 0.3) is 0 Å². The Bertz CT molecular complexity index is 1200. The Morgan fingerprint density at radius 3 is 2.42 bits per heavy atom. The number of aliphatic imine (C=N–C) groups is 1. The number of halogens is 3. The molecule has 2 amide bonds. The van der Waals surface area contributed by atoms with Crippen LogP contribution in [-0.4, -0.2) is 62.1 Å². The fraction of sp³-hybridized carbons (Fsp3) is 0.400. The average molecular weight is 502 g/mol. The highest BCUT2D eigenvalue weighted by atomic mass is 19.4. The lowest BCUT2D eigenvalue weighted by molar-refractivity contribution is -0.137. The molecule has 1 saturated carbocycles. The van der Waals surface area contributed by atoms with E-state index in [1.807, 2.05) is 0 Å². The molecule has 1 aliphatic carbocycles. The van der Waals surface area contributed by atoms with Crippen LogP contribution in [-0.2, 0) is 10.9 Å². The Kier molecular flexibility index (Phi) is 6.57. The third-order valence-electron chi connectivity index (χ3n) is 6.38. The predicted molar refractivity (Wildman–Crippen MR) is 128 cm³/mol. The fourth-order valence-electron chi connectivity index (χ4n) is 4.43. The number of morpholine rings is 1. The van der Waals surface area contributed by atoms with Crippen LogP contribution in [0.1, 0.15) is 50.6 Å². The molecule has 11 heteroatoms. The summed E-state index contributed by atoms with van der Waals surface area (Å²) in [5.41, 5.74) is -0.0265. The molecule has 0 aromatic heterocycles. The second kappa shape index (κ2) is 9.81. The van der Waals surface area contributed by atoms with Gasteiger partial charge in [0.15, 0.2) is 5.96 Å². The van der Waals surface area contributed by atoms with Crippen molar-refractivity contribution >= 4 is 29.1 Å². The van der Waals surface area contributed by atoms with Crippen LogP contribution in [0, 0.1) is 0 Å². The monoisotopic (exact) mass is 501 g/mol. The third kappa shape index (κ3) is 5.15.